The molecule has 4 heterocycles. The minimum atomic E-state index is 0.602. The van der Waals surface area contributed by atoms with Gasteiger partial charge in [0.25, 0.3) is 0 Å². The van der Waals surface area contributed by atoms with Crippen LogP contribution in [0.2, 0.25) is 0 Å². The third-order valence-corrected chi connectivity index (χ3v) is 3.61. The van der Waals surface area contributed by atoms with Gasteiger partial charge in [0, 0.05) is 37.4 Å². The van der Waals surface area contributed by atoms with Crippen molar-refractivity contribution in [1.29, 1.82) is 0 Å². The number of rotatable bonds is 1. The molecule has 16 heavy (non-hydrogen) atoms. The minimum absolute atomic E-state index is 0.602. The van der Waals surface area contributed by atoms with Crippen molar-refractivity contribution in [3.8, 4) is 0 Å². The Morgan fingerprint density at radius 2 is 2.50 bits per heavy atom. The summed E-state index contributed by atoms with van der Waals surface area (Å²) in [5.74, 6) is 0.975. The Balaban J connectivity index is 1.76. The summed E-state index contributed by atoms with van der Waals surface area (Å²) in [5.41, 5.74) is 1.83. The van der Waals surface area contributed by atoms with E-state index in [0.29, 0.717) is 12.1 Å². The number of piperazine rings is 1. The molecule has 4 rings (SSSR count). The third-order valence-electron chi connectivity index (χ3n) is 3.61. The highest BCUT2D eigenvalue weighted by Gasteiger charge is 2.38. The van der Waals surface area contributed by atoms with Crippen LogP contribution < -0.4 is 10.2 Å². The Morgan fingerprint density at radius 3 is 3.25 bits per heavy atom. The first-order chi connectivity index (χ1) is 7.90. The molecule has 2 saturated heterocycles. The van der Waals surface area contributed by atoms with Gasteiger partial charge in [0.2, 0.25) is 0 Å². The van der Waals surface area contributed by atoms with E-state index in [4.69, 9.17) is 4.42 Å². The van der Waals surface area contributed by atoms with Gasteiger partial charge in [0.15, 0.2) is 11.5 Å². The second kappa shape index (κ2) is 2.98. The number of anilines is 1. The summed E-state index contributed by atoms with van der Waals surface area (Å²) in [5, 5.41) is 3.49. The molecule has 2 aromatic rings. The molecule has 2 fully saturated rings. The second-order valence-electron chi connectivity index (χ2n) is 4.62. The van der Waals surface area contributed by atoms with Crippen molar-refractivity contribution in [3.63, 3.8) is 0 Å². The molecule has 2 aliphatic heterocycles. The van der Waals surface area contributed by atoms with Crippen molar-refractivity contribution >= 4 is 17.0 Å². The van der Waals surface area contributed by atoms with Crippen molar-refractivity contribution in [2.45, 2.75) is 18.5 Å². The third kappa shape index (κ3) is 1.10. The van der Waals surface area contributed by atoms with Crippen molar-refractivity contribution < 1.29 is 4.42 Å². The summed E-state index contributed by atoms with van der Waals surface area (Å²) in [6, 6.07) is 7.18. The fourth-order valence-electron chi connectivity index (χ4n) is 2.83. The van der Waals surface area contributed by atoms with E-state index in [2.05, 4.69) is 21.3 Å². The van der Waals surface area contributed by atoms with Crippen LogP contribution in [0.1, 0.15) is 6.42 Å². The van der Waals surface area contributed by atoms with Crippen molar-refractivity contribution in [1.82, 2.24) is 10.3 Å². The zero-order chi connectivity index (χ0) is 10.5. The molecule has 0 aliphatic carbocycles. The predicted octanol–water partition coefficient (Wildman–Crippen LogP) is 1.38. The quantitative estimate of drug-likeness (QED) is 0.780. The van der Waals surface area contributed by atoms with Crippen LogP contribution in [-0.4, -0.2) is 30.2 Å². The number of nitrogens with one attached hydrogen (secondary N) is 1. The fraction of sp³-hybridized carbons (Fsp3) is 0.417. The van der Waals surface area contributed by atoms with Crippen LogP contribution in [0.15, 0.2) is 28.8 Å². The highest BCUT2D eigenvalue weighted by atomic mass is 16.4. The van der Waals surface area contributed by atoms with Gasteiger partial charge in [0.05, 0.1) is 0 Å². The van der Waals surface area contributed by atoms with Gasteiger partial charge in [-0.25, -0.2) is 0 Å². The highest BCUT2D eigenvalue weighted by molar-refractivity contribution is 5.76. The summed E-state index contributed by atoms with van der Waals surface area (Å²) in [4.78, 5) is 6.66. The van der Waals surface area contributed by atoms with E-state index in [-0.39, 0.29) is 0 Å². The first-order valence-electron chi connectivity index (χ1n) is 5.75. The number of furan rings is 1. The molecule has 2 atom stereocenters. The standard InChI is InChI=1S/C12H13N3O/c1-2-11-10(13-3-1)5-12(16-11)15-7-8-4-9(15)6-14-8/h1-3,5,8-9,14H,4,6-7H2/t8-,9+/m0/s1. The number of aromatic nitrogens is 1. The largest absolute Gasteiger partial charge is 0.439 e. The fourth-order valence-corrected chi connectivity index (χ4v) is 2.83. The number of fused-ring (bicyclic) bond motifs is 3. The van der Waals surface area contributed by atoms with E-state index < -0.39 is 0 Å². The Kier molecular flexibility index (Phi) is 1.60. The molecule has 0 radical (unpaired) electrons. The maximum absolute atomic E-state index is 5.84. The van der Waals surface area contributed by atoms with Crippen molar-refractivity contribution in [2.24, 2.45) is 0 Å². The van der Waals surface area contributed by atoms with Crippen molar-refractivity contribution in [2.75, 3.05) is 18.0 Å². The van der Waals surface area contributed by atoms with Gasteiger partial charge < -0.3 is 14.6 Å². The average molecular weight is 215 g/mol. The molecule has 2 bridgehead atoms. The molecular formula is C12H13N3O. The van der Waals surface area contributed by atoms with Gasteiger partial charge >= 0.3 is 0 Å². The Hall–Kier alpha value is -1.55. The molecule has 0 unspecified atom stereocenters. The van der Waals surface area contributed by atoms with Crippen LogP contribution in [0.4, 0.5) is 5.88 Å². The summed E-state index contributed by atoms with van der Waals surface area (Å²) < 4.78 is 5.84. The maximum atomic E-state index is 5.84. The number of hydrogen-bond donors (Lipinski definition) is 1. The molecule has 4 nitrogen and oxygen atoms in total. The lowest BCUT2D eigenvalue weighted by molar-refractivity contribution is 0.523. The number of hydrogen-bond acceptors (Lipinski definition) is 4. The number of nitrogens with zero attached hydrogens (tertiary/aromatic N) is 2. The first-order valence-corrected chi connectivity index (χ1v) is 5.75. The van der Waals surface area contributed by atoms with E-state index in [1.165, 1.54) is 6.42 Å². The van der Waals surface area contributed by atoms with Crippen molar-refractivity contribution in [3.05, 3.63) is 24.4 Å². The Labute approximate surface area is 93.2 Å². The monoisotopic (exact) mass is 215 g/mol. The SMILES string of the molecule is c1cnc2cc(N3C[C@@H]4C[C@@H]3CN4)oc2c1. The zero-order valence-electron chi connectivity index (χ0n) is 8.89. The molecular weight excluding hydrogens is 202 g/mol. The Bertz CT molecular complexity index is 503. The van der Waals surface area contributed by atoms with Crippen LogP contribution in [0.3, 0.4) is 0 Å². The lowest BCUT2D eigenvalue weighted by Gasteiger charge is -2.26. The summed E-state index contributed by atoms with van der Waals surface area (Å²) in [7, 11) is 0. The molecule has 2 aliphatic rings. The highest BCUT2D eigenvalue weighted by Crippen LogP contribution is 2.32. The predicted molar refractivity (Wildman–Crippen MR) is 61.6 cm³/mol. The summed E-state index contributed by atoms with van der Waals surface area (Å²) >= 11 is 0. The van der Waals surface area contributed by atoms with Crippen LogP contribution in [0, 0.1) is 0 Å². The molecule has 0 aromatic carbocycles. The van der Waals surface area contributed by atoms with E-state index in [1.807, 2.05) is 12.1 Å². The van der Waals surface area contributed by atoms with E-state index >= 15 is 0 Å². The molecule has 0 saturated carbocycles. The van der Waals surface area contributed by atoms with Gasteiger partial charge in [0.1, 0.15) is 5.52 Å². The van der Waals surface area contributed by atoms with E-state index in [1.54, 1.807) is 6.20 Å². The van der Waals surface area contributed by atoms with Gasteiger partial charge in [-0.3, -0.25) is 4.98 Å². The van der Waals surface area contributed by atoms with Gasteiger partial charge in [-0.1, -0.05) is 0 Å². The molecule has 0 spiro atoms. The Morgan fingerprint density at radius 1 is 1.50 bits per heavy atom. The van der Waals surface area contributed by atoms with E-state index in [9.17, 15) is 0 Å². The summed E-state index contributed by atoms with van der Waals surface area (Å²) in [6.07, 6.45) is 3.05. The lowest BCUT2D eigenvalue weighted by atomic mass is 10.2. The molecule has 4 heteroatoms. The van der Waals surface area contributed by atoms with Gasteiger partial charge in [-0.2, -0.15) is 0 Å². The maximum Gasteiger partial charge on any atom is 0.198 e. The van der Waals surface area contributed by atoms with Gasteiger partial charge in [-0.15, -0.1) is 0 Å². The van der Waals surface area contributed by atoms with Crippen LogP contribution in [0.5, 0.6) is 0 Å². The van der Waals surface area contributed by atoms with Crippen LogP contribution in [-0.2, 0) is 0 Å². The molecule has 82 valence electrons. The number of pyridine rings is 1. The smallest absolute Gasteiger partial charge is 0.198 e. The van der Waals surface area contributed by atoms with Crippen LogP contribution in [0.25, 0.3) is 11.1 Å². The molecule has 1 N–H and O–H groups in total. The topological polar surface area (TPSA) is 41.3 Å². The van der Waals surface area contributed by atoms with E-state index in [0.717, 1.165) is 30.1 Å². The zero-order valence-corrected chi connectivity index (χ0v) is 8.89. The van der Waals surface area contributed by atoms with Crippen LogP contribution >= 0.6 is 0 Å². The minimum Gasteiger partial charge on any atom is -0.439 e. The lowest BCUT2D eigenvalue weighted by Crippen LogP contribution is -2.43. The average Bonchev–Trinajstić information content (AvgIpc) is 3.02. The normalized spacial score (nSPS) is 28.1. The van der Waals surface area contributed by atoms with Gasteiger partial charge in [-0.05, 0) is 18.6 Å². The first kappa shape index (κ1) is 8.58. The molecule has 0 amide bonds. The molecule has 2 aromatic heterocycles. The summed E-state index contributed by atoms with van der Waals surface area (Å²) in [6.45, 7) is 2.14. The second-order valence-corrected chi connectivity index (χ2v) is 4.62.